The molecule has 5 nitrogen and oxygen atoms in total. The molecule has 3 atom stereocenters. The van der Waals surface area contributed by atoms with Crippen LogP contribution in [0.3, 0.4) is 0 Å². The van der Waals surface area contributed by atoms with Gasteiger partial charge in [-0.3, -0.25) is 9.89 Å². The number of aromatic amines is 1. The van der Waals surface area contributed by atoms with Crippen molar-refractivity contribution in [3.05, 3.63) is 11.6 Å². The number of rotatable bonds is 4. The summed E-state index contributed by atoms with van der Waals surface area (Å²) in [6.45, 7) is 4.11. The van der Waals surface area contributed by atoms with E-state index in [2.05, 4.69) is 22.1 Å². The Morgan fingerprint density at radius 2 is 2.24 bits per heavy atom. The summed E-state index contributed by atoms with van der Waals surface area (Å²) in [5.74, 6) is 0.960. The SMILES string of the molecule is CCc1nc(C2CC(CC)CC2C(=O)O)n[nH]1. The molecule has 0 spiro atoms. The number of carboxylic acids is 1. The second kappa shape index (κ2) is 4.85. The van der Waals surface area contributed by atoms with E-state index in [4.69, 9.17) is 0 Å². The maximum atomic E-state index is 11.3. The van der Waals surface area contributed by atoms with Gasteiger partial charge in [0.15, 0.2) is 5.82 Å². The van der Waals surface area contributed by atoms with Crippen molar-refractivity contribution in [1.82, 2.24) is 15.2 Å². The van der Waals surface area contributed by atoms with Crippen molar-refractivity contribution in [3.63, 3.8) is 0 Å². The summed E-state index contributed by atoms with van der Waals surface area (Å²) in [6.07, 6.45) is 3.49. The number of aryl methyl sites for hydroxylation is 1. The minimum Gasteiger partial charge on any atom is -0.481 e. The first-order chi connectivity index (χ1) is 8.15. The van der Waals surface area contributed by atoms with Crippen molar-refractivity contribution in [2.45, 2.75) is 45.4 Å². The first-order valence-corrected chi connectivity index (χ1v) is 6.29. The van der Waals surface area contributed by atoms with E-state index in [9.17, 15) is 9.90 Å². The van der Waals surface area contributed by atoms with Crippen LogP contribution in [0.15, 0.2) is 0 Å². The molecule has 0 radical (unpaired) electrons. The predicted molar refractivity (Wildman–Crippen MR) is 62.6 cm³/mol. The highest BCUT2D eigenvalue weighted by molar-refractivity contribution is 5.71. The predicted octanol–water partition coefficient (Wildman–Crippen LogP) is 1.97. The first-order valence-electron chi connectivity index (χ1n) is 6.29. The largest absolute Gasteiger partial charge is 0.481 e. The van der Waals surface area contributed by atoms with Crippen LogP contribution in [0, 0.1) is 11.8 Å². The molecule has 2 rings (SSSR count). The molecule has 1 aliphatic rings. The van der Waals surface area contributed by atoms with E-state index in [1.54, 1.807) is 0 Å². The molecule has 0 aliphatic heterocycles. The lowest BCUT2D eigenvalue weighted by molar-refractivity contribution is -0.142. The van der Waals surface area contributed by atoms with E-state index in [1.807, 2.05) is 6.92 Å². The third-order valence-electron chi connectivity index (χ3n) is 3.77. The molecule has 0 saturated heterocycles. The van der Waals surface area contributed by atoms with Gasteiger partial charge in [-0.2, -0.15) is 5.10 Å². The van der Waals surface area contributed by atoms with Crippen molar-refractivity contribution in [3.8, 4) is 0 Å². The number of H-pyrrole nitrogens is 1. The quantitative estimate of drug-likeness (QED) is 0.839. The van der Waals surface area contributed by atoms with Gasteiger partial charge >= 0.3 is 5.97 Å². The topological polar surface area (TPSA) is 78.9 Å². The molecule has 3 unspecified atom stereocenters. The highest BCUT2D eigenvalue weighted by Gasteiger charge is 2.40. The van der Waals surface area contributed by atoms with Crippen LogP contribution in [-0.4, -0.2) is 26.3 Å². The van der Waals surface area contributed by atoms with Crippen molar-refractivity contribution in [2.75, 3.05) is 0 Å². The lowest BCUT2D eigenvalue weighted by Gasteiger charge is -2.10. The van der Waals surface area contributed by atoms with Crippen LogP contribution < -0.4 is 0 Å². The van der Waals surface area contributed by atoms with Crippen molar-refractivity contribution >= 4 is 5.97 Å². The van der Waals surface area contributed by atoms with Gasteiger partial charge in [-0.25, -0.2) is 4.98 Å². The molecule has 0 bridgehead atoms. The smallest absolute Gasteiger partial charge is 0.307 e. The molecule has 1 fully saturated rings. The zero-order chi connectivity index (χ0) is 12.4. The van der Waals surface area contributed by atoms with Crippen molar-refractivity contribution in [2.24, 2.45) is 11.8 Å². The number of aromatic nitrogens is 3. The van der Waals surface area contributed by atoms with Gasteiger partial charge in [-0.1, -0.05) is 20.3 Å². The molecule has 1 aromatic heterocycles. The number of nitrogens with zero attached hydrogens (tertiary/aromatic N) is 2. The molecule has 94 valence electrons. The number of hydrogen-bond acceptors (Lipinski definition) is 3. The number of carboxylic acid groups (broad SMARTS) is 1. The van der Waals surface area contributed by atoms with Gasteiger partial charge in [0, 0.05) is 12.3 Å². The normalized spacial score (nSPS) is 28.5. The molecular formula is C12H19N3O2. The fourth-order valence-corrected chi connectivity index (χ4v) is 2.67. The minimum absolute atomic E-state index is 0.0194. The maximum absolute atomic E-state index is 11.3. The Bertz CT molecular complexity index is 402. The molecule has 0 amide bonds. The zero-order valence-corrected chi connectivity index (χ0v) is 10.3. The van der Waals surface area contributed by atoms with E-state index in [1.165, 1.54) is 0 Å². The average Bonchev–Trinajstić information content (AvgIpc) is 2.94. The Labute approximate surface area is 101 Å². The third-order valence-corrected chi connectivity index (χ3v) is 3.77. The number of hydrogen-bond donors (Lipinski definition) is 2. The Morgan fingerprint density at radius 1 is 1.47 bits per heavy atom. The van der Waals surface area contributed by atoms with Crippen LogP contribution in [0.5, 0.6) is 0 Å². The van der Waals surface area contributed by atoms with Crippen LogP contribution in [0.1, 0.15) is 50.7 Å². The van der Waals surface area contributed by atoms with Gasteiger partial charge in [0.05, 0.1) is 5.92 Å². The van der Waals surface area contributed by atoms with Gasteiger partial charge in [0.2, 0.25) is 0 Å². The van der Waals surface area contributed by atoms with Gasteiger partial charge < -0.3 is 5.11 Å². The van der Waals surface area contributed by atoms with Crippen LogP contribution in [0.25, 0.3) is 0 Å². The molecule has 1 aliphatic carbocycles. The Balaban J connectivity index is 2.20. The van der Waals surface area contributed by atoms with Gasteiger partial charge in [-0.05, 0) is 18.8 Å². The van der Waals surface area contributed by atoms with Crippen molar-refractivity contribution in [1.29, 1.82) is 0 Å². The Morgan fingerprint density at radius 3 is 2.76 bits per heavy atom. The fraction of sp³-hybridized carbons (Fsp3) is 0.750. The van der Waals surface area contributed by atoms with Crippen LogP contribution >= 0.6 is 0 Å². The van der Waals surface area contributed by atoms with Crippen molar-refractivity contribution < 1.29 is 9.90 Å². The molecule has 0 aromatic carbocycles. The molecule has 5 heteroatoms. The Kier molecular flexibility index (Phi) is 3.45. The van der Waals surface area contributed by atoms with Gasteiger partial charge in [0.1, 0.15) is 5.82 Å². The summed E-state index contributed by atoms with van der Waals surface area (Å²) < 4.78 is 0. The second-order valence-electron chi connectivity index (χ2n) is 4.79. The summed E-state index contributed by atoms with van der Waals surface area (Å²) in [5.41, 5.74) is 0. The highest BCUT2D eigenvalue weighted by atomic mass is 16.4. The fourth-order valence-electron chi connectivity index (χ4n) is 2.67. The van der Waals surface area contributed by atoms with Gasteiger partial charge in [-0.15, -0.1) is 0 Å². The number of nitrogens with one attached hydrogen (secondary N) is 1. The van der Waals surface area contributed by atoms with E-state index in [0.717, 1.165) is 31.5 Å². The summed E-state index contributed by atoms with van der Waals surface area (Å²) in [5, 5.41) is 16.3. The Hall–Kier alpha value is -1.39. The van der Waals surface area contributed by atoms with Crippen LogP contribution in [-0.2, 0) is 11.2 Å². The van der Waals surface area contributed by atoms with Gasteiger partial charge in [0.25, 0.3) is 0 Å². The number of carbonyl (C=O) groups is 1. The van der Waals surface area contributed by atoms with Crippen LogP contribution in [0.2, 0.25) is 0 Å². The second-order valence-corrected chi connectivity index (χ2v) is 4.79. The standard InChI is InChI=1S/C12H19N3O2/c1-3-7-5-8(9(6-7)12(16)17)11-13-10(4-2)14-15-11/h7-9H,3-6H2,1-2H3,(H,16,17)(H,13,14,15). The molecular weight excluding hydrogens is 218 g/mol. The summed E-state index contributed by atoms with van der Waals surface area (Å²) in [7, 11) is 0. The number of aliphatic carboxylic acids is 1. The van der Waals surface area contributed by atoms with E-state index in [0.29, 0.717) is 11.7 Å². The average molecular weight is 237 g/mol. The first kappa shape index (κ1) is 12.1. The van der Waals surface area contributed by atoms with E-state index in [-0.39, 0.29) is 11.8 Å². The maximum Gasteiger partial charge on any atom is 0.307 e. The zero-order valence-electron chi connectivity index (χ0n) is 10.3. The summed E-state index contributed by atoms with van der Waals surface area (Å²) >= 11 is 0. The molecule has 2 N–H and O–H groups in total. The molecule has 1 aromatic rings. The monoisotopic (exact) mass is 237 g/mol. The summed E-state index contributed by atoms with van der Waals surface area (Å²) in [4.78, 5) is 15.6. The minimum atomic E-state index is -0.714. The highest BCUT2D eigenvalue weighted by Crippen LogP contribution is 2.43. The molecule has 1 saturated carbocycles. The summed E-state index contributed by atoms with van der Waals surface area (Å²) in [6, 6.07) is 0. The lowest BCUT2D eigenvalue weighted by Crippen LogP contribution is -2.17. The molecule has 17 heavy (non-hydrogen) atoms. The van der Waals surface area contributed by atoms with E-state index >= 15 is 0 Å². The third kappa shape index (κ3) is 2.33. The lowest BCUT2D eigenvalue weighted by atomic mass is 9.96. The van der Waals surface area contributed by atoms with E-state index < -0.39 is 5.97 Å². The van der Waals surface area contributed by atoms with Crippen LogP contribution in [0.4, 0.5) is 0 Å². The molecule has 1 heterocycles.